The van der Waals surface area contributed by atoms with Gasteiger partial charge < -0.3 is 11.1 Å². The third-order valence-corrected chi connectivity index (χ3v) is 2.31. The third kappa shape index (κ3) is 2.27. The van der Waals surface area contributed by atoms with E-state index < -0.39 is 0 Å². The SMILES string of the molecule is CC1CC(CCN)CCN1. The van der Waals surface area contributed by atoms with E-state index in [4.69, 9.17) is 5.73 Å². The van der Waals surface area contributed by atoms with Crippen molar-refractivity contribution >= 4 is 0 Å². The molecular formula is C8H18N2. The maximum absolute atomic E-state index is 5.48. The first-order valence-corrected chi connectivity index (χ1v) is 4.26. The summed E-state index contributed by atoms with van der Waals surface area (Å²) in [7, 11) is 0. The fraction of sp³-hybridized carbons (Fsp3) is 1.00. The second-order valence-corrected chi connectivity index (χ2v) is 3.32. The van der Waals surface area contributed by atoms with Crippen LogP contribution in [0.3, 0.4) is 0 Å². The quantitative estimate of drug-likeness (QED) is 0.596. The Morgan fingerprint density at radius 1 is 1.60 bits per heavy atom. The van der Waals surface area contributed by atoms with Gasteiger partial charge in [0.05, 0.1) is 0 Å². The first-order valence-electron chi connectivity index (χ1n) is 4.26. The van der Waals surface area contributed by atoms with Crippen LogP contribution < -0.4 is 11.1 Å². The van der Waals surface area contributed by atoms with E-state index in [0.29, 0.717) is 6.04 Å². The summed E-state index contributed by atoms with van der Waals surface area (Å²) in [5.74, 6) is 0.890. The molecule has 0 aromatic heterocycles. The molecule has 2 atom stereocenters. The summed E-state index contributed by atoms with van der Waals surface area (Å²) in [6.45, 7) is 4.30. The van der Waals surface area contributed by atoms with E-state index in [9.17, 15) is 0 Å². The van der Waals surface area contributed by atoms with Crippen molar-refractivity contribution in [1.29, 1.82) is 0 Å². The van der Waals surface area contributed by atoms with Crippen molar-refractivity contribution in [3.63, 3.8) is 0 Å². The van der Waals surface area contributed by atoms with Gasteiger partial charge in [-0.1, -0.05) is 0 Å². The maximum atomic E-state index is 5.48. The molecule has 0 radical (unpaired) electrons. The molecule has 3 N–H and O–H groups in total. The van der Waals surface area contributed by atoms with Gasteiger partial charge >= 0.3 is 0 Å². The second kappa shape index (κ2) is 3.94. The number of nitrogens with two attached hydrogens (primary N) is 1. The molecule has 1 saturated heterocycles. The van der Waals surface area contributed by atoms with Gasteiger partial charge in [-0.05, 0) is 45.2 Å². The lowest BCUT2D eigenvalue weighted by molar-refractivity contribution is 0.304. The Bertz CT molecular complexity index is 91.3. The van der Waals surface area contributed by atoms with Gasteiger partial charge in [-0.3, -0.25) is 0 Å². The summed E-state index contributed by atoms with van der Waals surface area (Å²) in [6, 6.07) is 0.713. The molecule has 1 aliphatic heterocycles. The van der Waals surface area contributed by atoms with E-state index in [1.165, 1.54) is 25.8 Å². The molecule has 10 heavy (non-hydrogen) atoms. The number of rotatable bonds is 2. The van der Waals surface area contributed by atoms with Crippen molar-refractivity contribution < 1.29 is 0 Å². The van der Waals surface area contributed by atoms with E-state index in [2.05, 4.69) is 12.2 Å². The molecule has 2 heteroatoms. The molecule has 60 valence electrons. The standard InChI is InChI=1S/C8H18N2/c1-7-6-8(2-4-9)3-5-10-7/h7-8,10H,2-6,9H2,1H3. The number of piperidine rings is 1. The molecule has 0 bridgehead atoms. The number of hydrogen-bond acceptors (Lipinski definition) is 2. The summed E-state index contributed by atoms with van der Waals surface area (Å²) >= 11 is 0. The molecule has 0 aromatic carbocycles. The average molecular weight is 142 g/mol. The van der Waals surface area contributed by atoms with Crippen LogP contribution in [0.2, 0.25) is 0 Å². The predicted octanol–water partition coefficient (Wildman–Crippen LogP) is 0.723. The Kier molecular flexibility index (Phi) is 3.16. The highest BCUT2D eigenvalue weighted by Crippen LogP contribution is 2.18. The summed E-state index contributed by atoms with van der Waals surface area (Å²) in [4.78, 5) is 0. The van der Waals surface area contributed by atoms with Crippen LogP contribution in [0.4, 0.5) is 0 Å². The molecule has 0 aromatic rings. The van der Waals surface area contributed by atoms with Gasteiger partial charge in [0.25, 0.3) is 0 Å². The van der Waals surface area contributed by atoms with Crippen LogP contribution in [0.15, 0.2) is 0 Å². The molecule has 2 unspecified atom stereocenters. The van der Waals surface area contributed by atoms with Crippen LogP contribution in [0.5, 0.6) is 0 Å². The number of hydrogen-bond donors (Lipinski definition) is 2. The summed E-state index contributed by atoms with van der Waals surface area (Å²) < 4.78 is 0. The molecule has 0 aliphatic carbocycles. The molecule has 2 nitrogen and oxygen atoms in total. The molecule has 1 heterocycles. The molecular weight excluding hydrogens is 124 g/mol. The highest BCUT2D eigenvalue weighted by atomic mass is 14.9. The van der Waals surface area contributed by atoms with Crippen LogP contribution in [-0.2, 0) is 0 Å². The highest BCUT2D eigenvalue weighted by Gasteiger charge is 2.16. The molecule has 0 spiro atoms. The molecule has 0 amide bonds. The minimum Gasteiger partial charge on any atom is -0.330 e. The summed E-state index contributed by atoms with van der Waals surface area (Å²) in [5, 5.41) is 3.43. The Morgan fingerprint density at radius 3 is 3.00 bits per heavy atom. The molecule has 1 fully saturated rings. The monoisotopic (exact) mass is 142 g/mol. The van der Waals surface area contributed by atoms with Gasteiger partial charge in [-0.25, -0.2) is 0 Å². The molecule has 1 aliphatic rings. The van der Waals surface area contributed by atoms with Gasteiger partial charge in [0.15, 0.2) is 0 Å². The van der Waals surface area contributed by atoms with Crippen molar-refractivity contribution in [2.45, 2.75) is 32.2 Å². The van der Waals surface area contributed by atoms with Crippen LogP contribution in [0, 0.1) is 5.92 Å². The molecule has 0 saturated carbocycles. The lowest BCUT2D eigenvalue weighted by Gasteiger charge is -2.27. The fourth-order valence-corrected chi connectivity index (χ4v) is 1.73. The van der Waals surface area contributed by atoms with E-state index >= 15 is 0 Å². The van der Waals surface area contributed by atoms with Gasteiger partial charge in [0.1, 0.15) is 0 Å². The van der Waals surface area contributed by atoms with Crippen LogP contribution in [0.1, 0.15) is 26.2 Å². The van der Waals surface area contributed by atoms with Gasteiger partial charge in [-0.15, -0.1) is 0 Å². The van der Waals surface area contributed by atoms with Crippen molar-refractivity contribution in [2.24, 2.45) is 11.7 Å². The van der Waals surface area contributed by atoms with Crippen LogP contribution >= 0.6 is 0 Å². The van der Waals surface area contributed by atoms with Gasteiger partial charge in [0, 0.05) is 6.04 Å². The van der Waals surface area contributed by atoms with Crippen molar-refractivity contribution in [1.82, 2.24) is 5.32 Å². The summed E-state index contributed by atoms with van der Waals surface area (Å²) in [6.07, 6.45) is 3.85. The first-order chi connectivity index (χ1) is 4.83. The number of nitrogens with one attached hydrogen (secondary N) is 1. The van der Waals surface area contributed by atoms with E-state index in [1.807, 2.05) is 0 Å². The Hall–Kier alpha value is -0.0800. The zero-order chi connectivity index (χ0) is 7.40. The lowest BCUT2D eigenvalue weighted by Crippen LogP contribution is -2.36. The Balaban J connectivity index is 2.18. The van der Waals surface area contributed by atoms with E-state index in [-0.39, 0.29) is 0 Å². The van der Waals surface area contributed by atoms with Crippen LogP contribution in [-0.4, -0.2) is 19.1 Å². The zero-order valence-electron chi connectivity index (χ0n) is 6.77. The maximum Gasteiger partial charge on any atom is 0.00413 e. The first kappa shape index (κ1) is 8.02. The van der Waals surface area contributed by atoms with Crippen molar-refractivity contribution in [3.05, 3.63) is 0 Å². The minimum absolute atomic E-state index is 0.713. The van der Waals surface area contributed by atoms with Crippen molar-refractivity contribution in [3.8, 4) is 0 Å². The van der Waals surface area contributed by atoms with Gasteiger partial charge in [0.2, 0.25) is 0 Å². The third-order valence-electron chi connectivity index (χ3n) is 2.31. The summed E-state index contributed by atoms with van der Waals surface area (Å²) in [5.41, 5.74) is 5.48. The largest absolute Gasteiger partial charge is 0.330 e. The Labute approximate surface area is 63.2 Å². The fourth-order valence-electron chi connectivity index (χ4n) is 1.73. The minimum atomic E-state index is 0.713. The normalized spacial score (nSPS) is 34.2. The Morgan fingerprint density at radius 2 is 2.40 bits per heavy atom. The highest BCUT2D eigenvalue weighted by molar-refractivity contribution is 4.74. The second-order valence-electron chi connectivity index (χ2n) is 3.32. The van der Waals surface area contributed by atoms with Crippen LogP contribution in [0.25, 0.3) is 0 Å². The van der Waals surface area contributed by atoms with Gasteiger partial charge in [-0.2, -0.15) is 0 Å². The topological polar surface area (TPSA) is 38.0 Å². The molecule has 1 rings (SSSR count). The predicted molar refractivity (Wildman–Crippen MR) is 43.9 cm³/mol. The zero-order valence-corrected chi connectivity index (χ0v) is 6.77. The smallest absolute Gasteiger partial charge is 0.00413 e. The average Bonchev–Trinajstić information content (AvgIpc) is 1.88. The lowest BCUT2D eigenvalue weighted by atomic mass is 9.91. The van der Waals surface area contributed by atoms with E-state index in [0.717, 1.165) is 12.5 Å². The van der Waals surface area contributed by atoms with E-state index in [1.54, 1.807) is 0 Å². The van der Waals surface area contributed by atoms with Crippen molar-refractivity contribution in [2.75, 3.05) is 13.1 Å².